The molecular formula is C25H31N3O4S. The summed E-state index contributed by atoms with van der Waals surface area (Å²) in [5.74, 6) is 0.0955. The van der Waals surface area contributed by atoms with Crippen molar-refractivity contribution >= 4 is 33.2 Å². The van der Waals surface area contributed by atoms with Crippen LogP contribution >= 0.6 is 0 Å². The number of amides is 2. The molecule has 33 heavy (non-hydrogen) atoms. The van der Waals surface area contributed by atoms with Crippen molar-refractivity contribution in [2.45, 2.75) is 50.8 Å². The Hall–Kier alpha value is -2.71. The fourth-order valence-electron chi connectivity index (χ4n) is 4.67. The van der Waals surface area contributed by atoms with Crippen LogP contribution in [0.2, 0.25) is 0 Å². The van der Waals surface area contributed by atoms with Crippen LogP contribution in [0.1, 0.15) is 44.2 Å². The quantitative estimate of drug-likeness (QED) is 0.701. The zero-order valence-electron chi connectivity index (χ0n) is 19.2. The highest BCUT2D eigenvalue weighted by molar-refractivity contribution is 7.89. The lowest BCUT2D eigenvalue weighted by Crippen LogP contribution is -2.39. The number of piperidine rings is 1. The molecule has 2 aliphatic heterocycles. The van der Waals surface area contributed by atoms with Crippen molar-refractivity contribution in [3.63, 3.8) is 0 Å². The van der Waals surface area contributed by atoms with Crippen molar-refractivity contribution in [2.24, 2.45) is 5.92 Å². The molecule has 2 aliphatic rings. The SMILES string of the molecule is CCc1ccc(NC(=O)CC2CCN(S(=O)(=O)c3ccc4c(c3)CCN4C(C)=O)CC2)cc1. The van der Waals surface area contributed by atoms with Gasteiger partial charge in [0.1, 0.15) is 0 Å². The Kier molecular flexibility index (Phi) is 6.86. The van der Waals surface area contributed by atoms with Gasteiger partial charge in [-0.2, -0.15) is 4.31 Å². The molecule has 0 aliphatic carbocycles. The molecule has 2 amide bonds. The van der Waals surface area contributed by atoms with Crippen molar-refractivity contribution in [3.8, 4) is 0 Å². The summed E-state index contributed by atoms with van der Waals surface area (Å²) >= 11 is 0. The molecule has 2 aromatic rings. The summed E-state index contributed by atoms with van der Waals surface area (Å²) in [5.41, 5.74) is 3.71. The third-order valence-corrected chi connectivity index (χ3v) is 8.55. The van der Waals surface area contributed by atoms with E-state index in [2.05, 4.69) is 12.2 Å². The largest absolute Gasteiger partial charge is 0.326 e. The van der Waals surface area contributed by atoms with Crippen LogP contribution in [-0.2, 0) is 32.5 Å². The zero-order chi connectivity index (χ0) is 23.6. The van der Waals surface area contributed by atoms with Crippen LogP contribution in [0.15, 0.2) is 47.4 Å². The van der Waals surface area contributed by atoms with Crippen LogP contribution < -0.4 is 10.2 Å². The molecule has 0 bridgehead atoms. The van der Waals surface area contributed by atoms with Gasteiger partial charge in [0.25, 0.3) is 0 Å². The fourth-order valence-corrected chi connectivity index (χ4v) is 6.19. The van der Waals surface area contributed by atoms with Crippen LogP contribution in [0.3, 0.4) is 0 Å². The van der Waals surface area contributed by atoms with E-state index in [1.54, 1.807) is 23.1 Å². The van der Waals surface area contributed by atoms with Gasteiger partial charge in [0, 0.05) is 44.4 Å². The topological polar surface area (TPSA) is 86.8 Å². The molecule has 0 radical (unpaired) electrons. The molecule has 7 nitrogen and oxygen atoms in total. The Bertz CT molecular complexity index is 1140. The summed E-state index contributed by atoms with van der Waals surface area (Å²) in [6.45, 7) is 5.01. The van der Waals surface area contributed by atoms with Crippen molar-refractivity contribution < 1.29 is 18.0 Å². The van der Waals surface area contributed by atoms with Gasteiger partial charge in [-0.05, 0) is 73.1 Å². The zero-order valence-corrected chi connectivity index (χ0v) is 20.0. The summed E-state index contributed by atoms with van der Waals surface area (Å²) in [6.07, 6.45) is 3.33. The third-order valence-electron chi connectivity index (χ3n) is 6.66. The Morgan fingerprint density at radius 1 is 1.03 bits per heavy atom. The molecule has 1 saturated heterocycles. The lowest BCUT2D eigenvalue weighted by Gasteiger charge is -2.31. The Balaban J connectivity index is 1.33. The lowest BCUT2D eigenvalue weighted by molar-refractivity contribution is -0.117. The van der Waals surface area contributed by atoms with E-state index in [9.17, 15) is 18.0 Å². The first-order valence-electron chi connectivity index (χ1n) is 11.6. The summed E-state index contributed by atoms with van der Waals surface area (Å²) in [5, 5.41) is 2.94. The number of hydrogen-bond donors (Lipinski definition) is 1. The van der Waals surface area contributed by atoms with Gasteiger partial charge in [0.05, 0.1) is 4.90 Å². The maximum Gasteiger partial charge on any atom is 0.243 e. The second-order valence-corrected chi connectivity index (χ2v) is 10.8. The standard InChI is InChI=1S/C25H31N3O4S/c1-3-19-4-6-22(7-5-19)26-25(30)16-20-10-13-27(14-11-20)33(31,32)23-8-9-24-21(17-23)12-15-28(24)18(2)29/h4-9,17,20H,3,10-16H2,1-2H3,(H,26,30). The van der Waals surface area contributed by atoms with Crippen LogP contribution in [0, 0.1) is 5.92 Å². The van der Waals surface area contributed by atoms with E-state index in [-0.39, 0.29) is 22.6 Å². The number of benzene rings is 2. The molecule has 0 spiro atoms. The molecule has 4 rings (SSSR count). The second kappa shape index (κ2) is 9.65. The Morgan fingerprint density at radius 3 is 2.36 bits per heavy atom. The number of sulfonamides is 1. The van der Waals surface area contributed by atoms with Crippen LogP contribution in [0.4, 0.5) is 11.4 Å². The average molecular weight is 470 g/mol. The second-order valence-electron chi connectivity index (χ2n) is 8.86. The summed E-state index contributed by atoms with van der Waals surface area (Å²) in [7, 11) is -3.60. The highest BCUT2D eigenvalue weighted by Crippen LogP contribution is 2.32. The number of carbonyl (C=O) groups is 2. The number of carbonyl (C=O) groups excluding carboxylic acids is 2. The van der Waals surface area contributed by atoms with E-state index in [1.165, 1.54) is 16.8 Å². The third kappa shape index (κ3) is 5.12. The summed E-state index contributed by atoms with van der Waals surface area (Å²) < 4.78 is 27.9. The van der Waals surface area contributed by atoms with Gasteiger partial charge in [-0.25, -0.2) is 8.42 Å². The van der Waals surface area contributed by atoms with Crippen LogP contribution in [0.5, 0.6) is 0 Å². The van der Waals surface area contributed by atoms with E-state index in [0.29, 0.717) is 45.3 Å². The lowest BCUT2D eigenvalue weighted by atomic mass is 9.94. The minimum atomic E-state index is -3.60. The van der Waals surface area contributed by atoms with E-state index in [0.717, 1.165) is 23.4 Å². The van der Waals surface area contributed by atoms with Gasteiger partial charge >= 0.3 is 0 Å². The molecule has 0 saturated carbocycles. The molecule has 0 atom stereocenters. The number of aryl methyl sites for hydroxylation is 1. The number of fused-ring (bicyclic) bond motifs is 1. The van der Waals surface area contributed by atoms with E-state index in [1.807, 2.05) is 24.3 Å². The molecule has 1 N–H and O–H groups in total. The predicted molar refractivity (Wildman–Crippen MR) is 129 cm³/mol. The van der Waals surface area contributed by atoms with Crippen LogP contribution in [-0.4, -0.2) is 44.2 Å². The van der Waals surface area contributed by atoms with Crippen molar-refractivity contribution in [3.05, 3.63) is 53.6 Å². The fraction of sp³-hybridized carbons (Fsp3) is 0.440. The number of nitrogens with one attached hydrogen (secondary N) is 1. The van der Waals surface area contributed by atoms with Gasteiger partial charge in [0.15, 0.2) is 0 Å². The summed E-state index contributed by atoms with van der Waals surface area (Å²) in [4.78, 5) is 26.1. The average Bonchev–Trinajstić information content (AvgIpc) is 3.23. The van der Waals surface area contributed by atoms with Crippen molar-refractivity contribution in [1.29, 1.82) is 0 Å². The maximum absolute atomic E-state index is 13.2. The molecule has 0 unspecified atom stereocenters. The number of nitrogens with zero attached hydrogens (tertiary/aromatic N) is 2. The predicted octanol–water partition coefficient (Wildman–Crippen LogP) is 3.59. The smallest absolute Gasteiger partial charge is 0.243 e. The molecule has 2 heterocycles. The first kappa shape index (κ1) is 23.4. The molecule has 176 valence electrons. The number of anilines is 2. The maximum atomic E-state index is 13.2. The van der Waals surface area contributed by atoms with E-state index >= 15 is 0 Å². The molecule has 8 heteroatoms. The molecule has 2 aromatic carbocycles. The van der Waals surface area contributed by atoms with E-state index < -0.39 is 10.0 Å². The minimum absolute atomic E-state index is 0.0331. The van der Waals surface area contributed by atoms with Crippen LogP contribution in [0.25, 0.3) is 0 Å². The van der Waals surface area contributed by atoms with Crippen molar-refractivity contribution in [1.82, 2.24) is 4.31 Å². The molecule has 0 aromatic heterocycles. The number of rotatable bonds is 6. The highest BCUT2D eigenvalue weighted by atomic mass is 32.2. The minimum Gasteiger partial charge on any atom is -0.326 e. The first-order valence-corrected chi connectivity index (χ1v) is 13.0. The Labute approximate surface area is 195 Å². The van der Waals surface area contributed by atoms with Gasteiger partial charge < -0.3 is 10.2 Å². The first-order chi connectivity index (χ1) is 15.8. The van der Waals surface area contributed by atoms with Gasteiger partial charge in [-0.1, -0.05) is 19.1 Å². The summed E-state index contributed by atoms with van der Waals surface area (Å²) in [6, 6.07) is 12.9. The monoisotopic (exact) mass is 469 g/mol. The normalized spacial score (nSPS) is 17.1. The van der Waals surface area contributed by atoms with Gasteiger partial charge in [0.2, 0.25) is 21.8 Å². The van der Waals surface area contributed by atoms with E-state index in [4.69, 9.17) is 0 Å². The molecular weight excluding hydrogens is 438 g/mol. The van der Waals surface area contributed by atoms with Gasteiger partial charge in [-0.3, -0.25) is 9.59 Å². The molecule has 1 fully saturated rings. The Morgan fingerprint density at radius 2 is 1.73 bits per heavy atom. The van der Waals surface area contributed by atoms with Crippen molar-refractivity contribution in [2.75, 3.05) is 29.9 Å². The highest BCUT2D eigenvalue weighted by Gasteiger charge is 2.32. The van der Waals surface area contributed by atoms with Gasteiger partial charge in [-0.15, -0.1) is 0 Å². The number of hydrogen-bond acceptors (Lipinski definition) is 4.